The SMILES string of the molecule is CCCOc1ccc([C@@H]2C([N+](=O)[O-])=C(C)N(C)C(=O)N2C)cc1. The Morgan fingerprint density at radius 1 is 1.26 bits per heavy atom. The number of hydrogen-bond donors (Lipinski definition) is 0. The van der Waals surface area contributed by atoms with Gasteiger partial charge >= 0.3 is 6.03 Å². The van der Waals surface area contributed by atoms with Crippen LogP contribution in [-0.4, -0.2) is 41.5 Å². The number of nitro groups is 1. The minimum atomic E-state index is -0.714. The van der Waals surface area contributed by atoms with Crippen LogP contribution in [0.25, 0.3) is 0 Å². The van der Waals surface area contributed by atoms with Gasteiger partial charge in [-0.15, -0.1) is 0 Å². The van der Waals surface area contributed by atoms with Gasteiger partial charge in [-0.3, -0.25) is 15.0 Å². The minimum Gasteiger partial charge on any atom is -0.494 e. The Morgan fingerprint density at radius 3 is 2.39 bits per heavy atom. The number of carbonyl (C=O) groups is 1. The molecule has 0 unspecified atom stereocenters. The highest BCUT2D eigenvalue weighted by atomic mass is 16.6. The summed E-state index contributed by atoms with van der Waals surface area (Å²) < 4.78 is 5.52. The van der Waals surface area contributed by atoms with Gasteiger partial charge in [-0.2, -0.15) is 0 Å². The van der Waals surface area contributed by atoms with Crippen LogP contribution in [0.2, 0.25) is 0 Å². The Morgan fingerprint density at radius 2 is 1.87 bits per heavy atom. The Balaban J connectivity index is 2.42. The standard InChI is InChI=1S/C16H21N3O4/c1-5-10-23-13-8-6-12(7-9-13)15-14(19(21)22)11(2)17(3)16(20)18(15)4/h6-9,15H,5,10H2,1-4H3/t15-/m1/s1. The number of nitrogens with zero attached hydrogens (tertiary/aromatic N) is 3. The molecule has 0 N–H and O–H groups in total. The van der Waals surface area contributed by atoms with Crippen molar-refractivity contribution in [2.75, 3.05) is 20.7 Å². The summed E-state index contributed by atoms with van der Waals surface area (Å²) in [5, 5.41) is 11.5. The molecule has 7 heteroatoms. The molecule has 23 heavy (non-hydrogen) atoms. The van der Waals surface area contributed by atoms with E-state index in [0.29, 0.717) is 23.6 Å². The van der Waals surface area contributed by atoms with Crippen LogP contribution in [-0.2, 0) is 0 Å². The Hall–Kier alpha value is -2.57. The lowest BCUT2D eigenvalue weighted by Crippen LogP contribution is -2.47. The van der Waals surface area contributed by atoms with Crippen LogP contribution in [0.5, 0.6) is 5.75 Å². The average molecular weight is 319 g/mol. The fraction of sp³-hybridized carbons (Fsp3) is 0.438. The summed E-state index contributed by atoms with van der Waals surface area (Å²) in [5.41, 5.74) is 1.05. The van der Waals surface area contributed by atoms with E-state index >= 15 is 0 Å². The van der Waals surface area contributed by atoms with E-state index in [2.05, 4.69) is 0 Å². The lowest BCUT2D eigenvalue weighted by atomic mass is 9.99. The number of amides is 2. The molecule has 2 rings (SSSR count). The number of hydrogen-bond acceptors (Lipinski definition) is 4. The molecule has 1 aliphatic heterocycles. The van der Waals surface area contributed by atoms with Crippen LogP contribution >= 0.6 is 0 Å². The number of carbonyl (C=O) groups excluding carboxylic acids is 1. The molecule has 1 heterocycles. The molecule has 0 radical (unpaired) electrons. The average Bonchev–Trinajstić information content (AvgIpc) is 2.54. The van der Waals surface area contributed by atoms with E-state index in [0.717, 1.165) is 6.42 Å². The van der Waals surface area contributed by atoms with E-state index in [4.69, 9.17) is 4.74 Å². The van der Waals surface area contributed by atoms with Crippen molar-refractivity contribution in [3.8, 4) is 5.75 Å². The quantitative estimate of drug-likeness (QED) is 0.617. The Labute approximate surface area is 135 Å². The predicted octanol–water partition coefficient (Wildman–Crippen LogP) is 3.02. The maximum absolute atomic E-state index is 12.3. The first-order valence-electron chi connectivity index (χ1n) is 7.46. The van der Waals surface area contributed by atoms with Crippen molar-refractivity contribution < 1.29 is 14.5 Å². The van der Waals surface area contributed by atoms with Gasteiger partial charge in [0, 0.05) is 14.1 Å². The summed E-state index contributed by atoms with van der Waals surface area (Å²) in [7, 11) is 3.11. The van der Waals surface area contributed by atoms with E-state index in [1.165, 1.54) is 16.8 Å². The monoisotopic (exact) mass is 319 g/mol. The van der Waals surface area contributed by atoms with Gasteiger partial charge in [-0.05, 0) is 31.0 Å². The molecular weight excluding hydrogens is 298 g/mol. The van der Waals surface area contributed by atoms with Gasteiger partial charge in [-0.25, -0.2) is 4.79 Å². The van der Waals surface area contributed by atoms with Crippen molar-refractivity contribution in [3.63, 3.8) is 0 Å². The van der Waals surface area contributed by atoms with E-state index in [9.17, 15) is 14.9 Å². The zero-order chi connectivity index (χ0) is 17.1. The van der Waals surface area contributed by atoms with Crippen molar-refractivity contribution in [3.05, 3.63) is 51.3 Å². The summed E-state index contributed by atoms with van der Waals surface area (Å²) in [6.07, 6.45) is 0.904. The van der Waals surface area contributed by atoms with Crippen LogP contribution in [0.3, 0.4) is 0 Å². The largest absolute Gasteiger partial charge is 0.494 e. The number of likely N-dealkylation sites (N-methyl/N-ethyl adjacent to an activating group) is 1. The second-order valence-electron chi connectivity index (χ2n) is 5.50. The zero-order valence-corrected chi connectivity index (χ0v) is 13.8. The molecular formula is C16H21N3O4. The van der Waals surface area contributed by atoms with Gasteiger partial charge in [0.1, 0.15) is 5.75 Å². The normalized spacial score (nSPS) is 18.4. The lowest BCUT2D eigenvalue weighted by molar-refractivity contribution is -0.436. The predicted molar refractivity (Wildman–Crippen MR) is 85.6 cm³/mol. The van der Waals surface area contributed by atoms with E-state index < -0.39 is 11.0 Å². The number of allylic oxidation sites excluding steroid dienone is 1. The third-order valence-electron chi connectivity index (χ3n) is 3.97. The summed E-state index contributed by atoms with van der Waals surface area (Å²) in [6, 6.07) is 6.09. The van der Waals surface area contributed by atoms with Crippen LogP contribution in [0.4, 0.5) is 4.79 Å². The molecule has 1 aromatic rings. The van der Waals surface area contributed by atoms with Crippen LogP contribution in [0, 0.1) is 10.1 Å². The molecule has 0 aliphatic carbocycles. The molecule has 0 saturated heterocycles. The van der Waals surface area contributed by atoms with E-state index in [-0.39, 0.29) is 11.7 Å². The summed E-state index contributed by atoms with van der Waals surface area (Å²) in [5.74, 6) is 0.709. The highest BCUT2D eigenvalue weighted by Crippen LogP contribution is 2.36. The number of urea groups is 1. The van der Waals surface area contributed by atoms with Gasteiger partial charge in [0.15, 0.2) is 6.04 Å². The third-order valence-corrected chi connectivity index (χ3v) is 3.97. The molecule has 1 atom stereocenters. The number of ether oxygens (including phenoxy) is 1. The molecule has 0 aromatic heterocycles. The summed E-state index contributed by atoms with van der Waals surface area (Å²) in [6.45, 7) is 4.23. The van der Waals surface area contributed by atoms with E-state index in [1.807, 2.05) is 6.92 Å². The van der Waals surface area contributed by atoms with Gasteiger partial charge in [0.25, 0.3) is 5.70 Å². The van der Waals surface area contributed by atoms with Crippen molar-refractivity contribution >= 4 is 6.03 Å². The smallest absolute Gasteiger partial charge is 0.324 e. The topological polar surface area (TPSA) is 75.9 Å². The minimum absolute atomic E-state index is 0.0110. The molecule has 1 aromatic carbocycles. The lowest BCUT2D eigenvalue weighted by Gasteiger charge is -2.36. The maximum Gasteiger partial charge on any atom is 0.324 e. The van der Waals surface area contributed by atoms with Gasteiger partial charge in [0.05, 0.1) is 17.2 Å². The van der Waals surface area contributed by atoms with Gasteiger partial charge in [0.2, 0.25) is 0 Å². The van der Waals surface area contributed by atoms with Crippen LogP contribution in [0.1, 0.15) is 31.9 Å². The maximum atomic E-state index is 12.3. The number of rotatable bonds is 5. The first-order valence-corrected chi connectivity index (χ1v) is 7.46. The van der Waals surface area contributed by atoms with Crippen LogP contribution in [0.15, 0.2) is 35.7 Å². The fourth-order valence-electron chi connectivity index (χ4n) is 2.62. The van der Waals surface area contributed by atoms with Crippen LogP contribution < -0.4 is 4.74 Å². The second-order valence-corrected chi connectivity index (χ2v) is 5.50. The number of benzene rings is 1. The molecule has 124 valence electrons. The molecule has 7 nitrogen and oxygen atoms in total. The van der Waals surface area contributed by atoms with Crippen molar-refractivity contribution in [1.82, 2.24) is 9.80 Å². The molecule has 0 bridgehead atoms. The van der Waals surface area contributed by atoms with Crippen molar-refractivity contribution in [2.24, 2.45) is 0 Å². The van der Waals surface area contributed by atoms with Gasteiger partial charge in [-0.1, -0.05) is 19.1 Å². The Bertz CT molecular complexity index is 639. The second kappa shape index (κ2) is 6.68. The molecule has 2 amide bonds. The van der Waals surface area contributed by atoms with E-state index in [1.54, 1.807) is 38.2 Å². The summed E-state index contributed by atoms with van der Waals surface area (Å²) in [4.78, 5) is 26.0. The highest BCUT2D eigenvalue weighted by molar-refractivity contribution is 5.78. The van der Waals surface area contributed by atoms with Gasteiger partial charge < -0.3 is 9.64 Å². The van der Waals surface area contributed by atoms with Crippen molar-refractivity contribution in [2.45, 2.75) is 26.3 Å². The Kier molecular flexibility index (Phi) is 4.88. The third kappa shape index (κ3) is 3.13. The zero-order valence-electron chi connectivity index (χ0n) is 13.8. The molecule has 0 spiro atoms. The fourth-order valence-corrected chi connectivity index (χ4v) is 2.62. The first kappa shape index (κ1) is 16.8. The first-order chi connectivity index (χ1) is 10.9. The highest BCUT2D eigenvalue weighted by Gasteiger charge is 2.42. The summed E-state index contributed by atoms with van der Waals surface area (Å²) >= 11 is 0. The van der Waals surface area contributed by atoms with Crippen molar-refractivity contribution in [1.29, 1.82) is 0 Å². The molecule has 0 saturated carbocycles. The molecule has 0 fully saturated rings. The molecule has 1 aliphatic rings.